The first-order valence-corrected chi connectivity index (χ1v) is 6.51. The SMILES string of the molecule is CC(C)COCCNC(C)C1CCCC1. The van der Waals surface area contributed by atoms with Gasteiger partial charge in [0.15, 0.2) is 0 Å². The fraction of sp³-hybridized carbons (Fsp3) is 1.00. The van der Waals surface area contributed by atoms with Crippen LogP contribution in [0.25, 0.3) is 0 Å². The van der Waals surface area contributed by atoms with Gasteiger partial charge < -0.3 is 10.1 Å². The van der Waals surface area contributed by atoms with E-state index in [4.69, 9.17) is 4.74 Å². The Labute approximate surface area is 94.8 Å². The van der Waals surface area contributed by atoms with Crippen LogP contribution in [0.5, 0.6) is 0 Å². The zero-order chi connectivity index (χ0) is 11.1. The molecule has 0 spiro atoms. The third-order valence-corrected chi connectivity index (χ3v) is 3.27. The van der Waals surface area contributed by atoms with Crippen molar-refractivity contribution in [3.8, 4) is 0 Å². The van der Waals surface area contributed by atoms with Crippen LogP contribution in [0.1, 0.15) is 46.5 Å². The molecule has 0 aromatic heterocycles. The van der Waals surface area contributed by atoms with Crippen molar-refractivity contribution in [2.45, 2.75) is 52.5 Å². The van der Waals surface area contributed by atoms with Gasteiger partial charge in [0.05, 0.1) is 6.61 Å². The van der Waals surface area contributed by atoms with Crippen molar-refractivity contribution in [3.63, 3.8) is 0 Å². The average Bonchev–Trinajstić information content (AvgIpc) is 2.69. The Morgan fingerprint density at radius 1 is 1.20 bits per heavy atom. The standard InChI is InChI=1S/C13H27NO/c1-11(2)10-15-9-8-14-12(3)13-6-4-5-7-13/h11-14H,4-10H2,1-3H3. The van der Waals surface area contributed by atoms with Gasteiger partial charge >= 0.3 is 0 Å². The van der Waals surface area contributed by atoms with Crippen molar-refractivity contribution >= 4 is 0 Å². The average molecular weight is 213 g/mol. The molecule has 1 unspecified atom stereocenters. The molecule has 90 valence electrons. The molecule has 1 rings (SSSR count). The molecule has 0 aromatic rings. The van der Waals surface area contributed by atoms with Gasteiger partial charge in [0.2, 0.25) is 0 Å². The summed E-state index contributed by atoms with van der Waals surface area (Å²) in [6, 6.07) is 0.676. The van der Waals surface area contributed by atoms with E-state index in [2.05, 4.69) is 26.1 Å². The molecule has 0 aromatic carbocycles. The Morgan fingerprint density at radius 2 is 1.87 bits per heavy atom. The predicted molar refractivity (Wildman–Crippen MR) is 65.1 cm³/mol. The second-order valence-corrected chi connectivity index (χ2v) is 5.26. The molecule has 1 aliphatic carbocycles. The first-order valence-electron chi connectivity index (χ1n) is 6.51. The van der Waals surface area contributed by atoms with Crippen LogP contribution < -0.4 is 5.32 Å². The Hall–Kier alpha value is -0.0800. The lowest BCUT2D eigenvalue weighted by Crippen LogP contribution is -2.34. The van der Waals surface area contributed by atoms with E-state index < -0.39 is 0 Å². The van der Waals surface area contributed by atoms with Gasteiger partial charge in [-0.15, -0.1) is 0 Å². The van der Waals surface area contributed by atoms with Crippen molar-refractivity contribution in [2.24, 2.45) is 11.8 Å². The first kappa shape index (κ1) is 13.0. The van der Waals surface area contributed by atoms with E-state index in [-0.39, 0.29) is 0 Å². The summed E-state index contributed by atoms with van der Waals surface area (Å²) < 4.78 is 5.55. The third kappa shape index (κ3) is 5.53. The molecule has 1 atom stereocenters. The maximum atomic E-state index is 5.55. The Bertz CT molecular complexity index is 153. The highest BCUT2D eigenvalue weighted by Crippen LogP contribution is 2.27. The topological polar surface area (TPSA) is 21.3 Å². The quantitative estimate of drug-likeness (QED) is 0.657. The Kier molecular flexibility index (Phi) is 6.26. The summed E-state index contributed by atoms with van der Waals surface area (Å²) >= 11 is 0. The van der Waals surface area contributed by atoms with Gasteiger partial charge in [0.1, 0.15) is 0 Å². The van der Waals surface area contributed by atoms with E-state index >= 15 is 0 Å². The summed E-state index contributed by atoms with van der Waals surface area (Å²) in [6.45, 7) is 9.45. The third-order valence-electron chi connectivity index (χ3n) is 3.27. The van der Waals surface area contributed by atoms with Crippen molar-refractivity contribution in [3.05, 3.63) is 0 Å². The van der Waals surface area contributed by atoms with Gasteiger partial charge in [-0.3, -0.25) is 0 Å². The second kappa shape index (κ2) is 7.24. The fourth-order valence-electron chi connectivity index (χ4n) is 2.30. The van der Waals surface area contributed by atoms with Crippen molar-refractivity contribution < 1.29 is 4.74 Å². The Morgan fingerprint density at radius 3 is 2.47 bits per heavy atom. The lowest BCUT2D eigenvalue weighted by atomic mass is 10.00. The molecule has 0 bridgehead atoms. The summed E-state index contributed by atoms with van der Waals surface area (Å²) in [5, 5.41) is 3.57. The van der Waals surface area contributed by atoms with Crippen LogP contribution in [-0.4, -0.2) is 25.8 Å². The maximum absolute atomic E-state index is 5.55. The van der Waals surface area contributed by atoms with Crippen LogP contribution in [-0.2, 0) is 4.74 Å². The van der Waals surface area contributed by atoms with E-state index in [1.54, 1.807) is 0 Å². The summed E-state index contributed by atoms with van der Waals surface area (Å²) in [6.07, 6.45) is 5.70. The Balaban J connectivity index is 1.94. The minimum atomic E-state index is 0.650. The van der Waals surface area contributed by atoms with Gasteiger partial charge in [-0.2, -0.15) is 0 Å². The number of hydrogen-bond acceptors (Lipinski definition) is 2. The summed E-state index contributed by atoms with van der Waals surface area (Å²) in [5.74, 6) is 1.56. The summed E-state index contributed by atoms with van der Waals surface area (Å²) in [5.41, 5.74) is 0. The van der Waals surface area contributed by atoms with Gasteiger partial charge in [0, 0.05) is 19.2 Å². The smallest absolute Gasteiger partial charge is 0.0591 e. The minimum Gasteiger partial charge on any atom is -0.380 e. The highest BCUT2D eigenvalue weighted by molar-refractivity contribution is 4.76. The molecule has 15 heavy (non-hydrogen) atoms. The van der Waals surface area contributed by atoms with Crippen LogP contribution in [0.2, 0.25) is 0 Å². The lowest BCUT2D eigenvalue weighted by Gasteiger charge is -2.20. The van der Waals surface area contributed by atoms with Crippen LogP contribution in [0, 0.1) is 11.8 Å². The van der Waals surface area contributed by atoms with Crippen LogP contribution in [0.3, 0.4) is 0 Å². The number of hydrogen-bond donors (Lipinski definition) is 1. The van der Waals surface area contributed by atoms with E-state index in [9.17, 15) is 0 Å². The molecule has 0 saturated heterocycles. The highest BCUT2D eigenvalue weighted by Gasteiger charge is 2.20. The van der Waals surface area contributed by atoms with Gasteiger partial charge in [0.25, 0.3) is 0 Å². The predicted octanol–water partition coefficient (Wildman–Crippen LogP) is 2.83. The number of nitrogens with one attached hydrogen (secondary N) is 1. The molecule has 1 fully saturated rings. The van der Waals surface area contributed by atoms with Gasteiger partial charge in [-0.05, 0) is 31.6 Å². The molecule has 0 radical (unpaired) electrons. The molecule has 2 nitrogen and oxygen atoms in total. The molecule has 0 aliphatic heterocycles. The summed E-state index contributed by atoms with van der Waals surface area (Å²) in [4.78, 5) is 0. The lowest BCUT2D eigenvalue weighted by molar-refractivity contribution is 0.109. The van der Waals surface area contributed by atoms with E-state index in [0.717, 1.165) is 25.7 Å². The van der Waals surface area contributed by atoms with Gasteiger partial charge in [-0.1, -0.05) is 26.7 Å². The van der Waals surface area contributed by atoms with E-state index in [1.807, 2.05) is 0 Å². The number of ether oxygens (including phenoxy) is 1. The van der Waals surface area contributed by atoms with Crippen molar-refractivity contribution in [1.82, 2.24) is 5.32 Å². The molecular formula is C13H27NO. The minimum absolute atomic E-state index is 0.650. The molecule has 1 saturated carbocycles. The first-order chi connectivity index (χ1) is 7.20. The zero-order valence-corrected chi connectivity index (χ0v) is 10.6. The second-order valence-electron chi connectivity index (χ2n) is 5.26. The van der Waals surface area contributed by atoms with Crippen LogP contribution in [0.15, 0.2) is 0 Å². The molecular weight excluding hydrogens is 186 g/mol. The zero-order valence-electron chi connectivity index (χ0n) is 10.6. The van der Waals surface area contributed by atoms with Crippen LogP contribution in [0.4, 0.5) is 0 Å². The fourth-order valence-corrected chi connectivity index (χ4v) is 2.30. The largest absolute Gasteiger partial charge is 0.380 e. The summed E-state index contributed by atoms with van der Waals surface area (Å²) in [7, 11) is 0. The molecule has 2 heteroatoms. The number of rotatable bonds is 7. The molecule has 1 aliphatic rings. The van der Waals surface area contributed by atoms with Crippen LogP contribution >= 0.6 is 0 Å². The maximum Gasteiger partial charge on any atom is 0.0591 e. The molecule has 0 amide bonds. The highest BCUT2D eigenvalue weighted by atomic mass is 16.5. The molecule has 0 heterocycles. The van der Waals surface area contributed by atoms with E-state index in [1.165, 1.54) is 25.7 Å². The van der Waals surface area contributed by atoms with E-state index in [0.29, 0.717) is 12.0 Å². The monoisotopic (exact) mass is 213 g/mol. The normalized spacial score (nSPS) is 20.0. The van der Waals surface area contributed by atoms with Crippen molar-refractivity contribution in [1.29, 1.82) is 0 Å². The molecule has 1 N–H and O–H groups in total. The van der Waals surface area contributed by atoms with Gasteiger partial charge in [-0.25, -0.2) is 0 Å². The van der Waals surface area contributed by atoms with Crippen molar-refractivity contribution in [2.75, 3.05) is 19.8 Å².